The molecule has 1 N–H and O–H groups in total. The van der Waals surface area contributed by atoms with Gasteiger partial charge in [0.2, 0.25) is 5.91 Å². The Balaban J connectivity index is 1.73. The van der Waals surface area contributed by atoms with Gasteiger partial charge < -0.3 is 4.90 Å². The average molecular weight is 308 g/mol. The fourth-order valence-corrected chi connectivity index (χ4v) is 3.39. The molecule has 1 heterocycles. The topological polar surface area (TPSA) is 32.3 Å². The Morgan fingerprint density at radius 2 is 1.74 bits per heavy atom. The van der Waals surface area contributed by atoms with Crippen LogP contribution < -0.4 is 10.2 Å². The fourth-order valence-electron chi connectivity index (χ4n) is 3.39. The average Bonchev–Trinajstić information content (AvgIpc) is 2.90. The van der Waals surface area contributed by atoms with Crippen LogP contribution in [0.1, 0.15) is 37.9 Å². The molecule has 3 rings (SSSR count). The van der Waals surface area contributed by atoms with Gasteiger partial charge in [-0.1, -0.05) is 48.5 Å². The number of carbonyl (C=O) groups excluding carboxylic acids is 1. The van der Waals surface area contributed by atoms with Crippen LogP contribution in [0.4, 0.5) is 5.69 Å². The number of para-hydroxylation sites is 1. The Bertz CT molecular complexity index is 683. The number of benzene rings is 2. The lowest BCUT2D eigenvalue weighted by molar-refractivity contribution is -0.120. The van der Waals surface area contributed by atoms with E-state index >= 15 is 0 Å². The normalized spacial score (nSPS) is 19.3. The summed E-state index contributed by atoms with van der Waals surface area (Å²) in [5, 5.41) is 3.43. The largest absolute Gasteiger partial charge is 0.308 e. The summed E-state index contributed by atoms with van der Waals surface area (Å²) < 4.78 is 0. The van der Waals surface area contributed by atoms with Gasteiger partial charge in [0.15, 0.2) is 0 Å². The Morgan fingerprint density at radius 1 is 1.09 bits per heavy atom. The third-order valence-corrected chi connectivity index (χ3v) is 4.61. The maximum absolute atomic E-state index is 12.9. The molecule has 0 bridgehead atoms. The second-order valence-corrected chi connectivity index (χ2v) is 6.41. The lowest BCUT2D eigenvalue weighted by atomic mass is 10.1. The van der Waals surface area contributed by atoms with Crippen molar-refractivity contribution in [3.05, 3.63) is 65.7 Å². The summed E-state index contributed by atoms with van der Waals surface area (Å²) in [6, 6.07) is 18.6. The second-order valence-electron chi connectivity index (χ2n) is 6.41. The SMILES string of the molecule is C[C@H](N[C@H](C)c1ccccc1)C(=O)N1c2ccccc2C[C@@H]1C. The molecule has 2 aromatic carbocycles. The first-order valence-electron chi connectivity index (χ1n) is 8.30. The van der Waals surface area contributed by atoms with Gasteiger partial charge in [-0.05, 0) is 44.4 Å². The number of hydrogen-bond acceptors (Lipinski definition) is 2. The highest BCUT2D eigenvalue weighted by Gasteiger charge is 2.33. The van der Waals surface area contributed by atoms with Gasteiger partial charge in [0, 0.05) is 17.8 Å². The van der Waals surface area contributed by atoms with E-state index in [1.54, 1.807) is 0 Å². The van der Waals surface area contributed by atoms with Crippen LogP contribution >= 0.6 is 0 Å². The third-order valence-electron chi connectivity index (χ3n) is 4.61. The van der Waals surface area contributed by atoms with Crippen LogP contribution in [0.2, 0.25) is 0 Å². The standard InChI is InChI=1S/C20H24N2O/c1-14-13-18-11-7-8-12-19(18)22(14)20(23)16(3)21-15(2)17-9-5-4-6-10-17/h4-12,14-16,21H,13H2,1-3H3/t14-,15+,16-/m0/s1. The van der Waals surface area contributed by atoms with Gasteiger partial charge in [0.05, 0.1) is 6.04 Å². The first kappa shape index (κ1) is 15.8. The van der Waals surface area contributed by atoms with Crippen molar-refractivity contribution < 1.29 is 4.79 Å². The molecule has 23 heavy (non-hydrogen) atoms. The van der Waals surface area contributed by atoms with E-state index in [0.29, 0.717) is 0 Å². The van der Waals surface area contributed by atoms with E-state index in [-0.39, 0.29) is 24.0 Å². The van der Waals surface area contributed by atoms with Crippen LogP contribution in [0, 0.1) is 0 Å². The number of carbonyl (C=O) groups is 1. The summed E-state index contributed by atoms with van der Waals surface area (Å²) >= 11 is 0. The van der Waals surface area contributed by atoms with Crippen LogP contribution in [-0.2, 0) is 11.2 Å². The van der Waals surface area contributed by atoms with Gasteiger partial charge in [-0.3, -0.25) is 10.1 Å². The molecule has 0 radical (unpaired) electrons. The molecule has 0 spiro atoms. The molecule has 0 unspecified atom stereocenters. The molecule has 0 fully saturated rings. The van der Waals surface area contributed by atoms with Gasteiger partial charge in [-0.2, -0.15) is 0 Å². The number of anilines is 1. The van der Waals surface area contributed by atoms with Gasteiger partial charge in [-0.25, -0.2) is 0 Å². The van der Waals surface area contributed by atoms with E-state index in [1.807, 2.05) is 48.2 Å². The smallest absolute Gasteiger partial charge is 0.244 e. The first-order chi connectivity index (χ1) is 11.1. The highest BCUT2D eigenvalue weighted by atomic mass is 16.2. The van der Waals surface area contributed by atoms with Crippen LogP contribution in [0.3, 0.4) is 0 Å². The number of nitrogens with one attached hydrogen (secondary N) is 1. The van der Waals surface area contributed by atoms with E-state index in [9.17, 15) is 4.79 Å². The van der Waals surface area contributed by atoms with Crippen LogP contribution in [0.15, 0.2) is 54.6 Å². The number of rotatable bonds is 4. The van der Waals surface area contributed by atoms with Crippen molar-refractivity contribution in [2.24, 2.45) is 0 Å². The van der Waals surface area contributed by atoms with Crippen molar-refractivity contribution in [3.8, 4) is 0 Å². The maximum Gasteiger partial charge on any atom is 0.244 e. The van der Waals surface area contributed by atoms with Gasteiger partial charge in [0.1, 0.15) is 0 Å². The zero-order valence-corrected chi connectivity index (χ0v) is 14.0. The Hall–Kier alpha value is -2.13. The summed E-state index contributed by atoms with van der Waals surface area (Å²) in [5.74, 6) is 0.144. The summed E-state index contributed by atoms with van der Waals surface area (Å²) in [5.41, 5.74) is 3.52. The molecule has 120 valence electrons. The fraction of sp³-hybridized carbons (Fsp3) is 0.350. The summed E-state index contributed by atoms with van der Waals surface area (Å²) in [6.45, 7) is 6.17. The molecule has 1 aliphatic rings. The summed E-state index contributed by atoms with van der Waals surface area (Å²) in [4.78, 5) is 14.9. The molecule has 1 aliphatic heterocycles. The number of fused-ring (bicyclic) bond motifs is 1. The minimum absolute atomic E-state index is 0.142. The Morgan fingerprint density at radius 3 is 2.48 bits per heavy atom. The molecular formula is C20H24N2O. The molecule has 3 heteroatoms. The predicted octanol–water partition coefficient (Wildman–Crippen LogP) is 3.70. The molecule has 0 saturated carbocycles. The van der Waals surface area contributed by atoms with E-state index < -0.39 is 0 Å². The van der Waals surface area contributed by atoms with Crippen LogP contribution in [-0.4, -0.2) is 18.0 Å². The first-order valence-corrected chi connectivity index (χ1v) is 8.30. The zero-order chi connectivity index (χ0) is 16.4. The van der Waals surface area contributed by atoms with Crippen molar-refractivity contribution in [1.82, 2.24) is 5.32 Å². The van der Waals surface area contributed by atoms with Crippen molar-refractivity contribution in [2.75, 3.05) is 4.90 Å². The van der Waals surface area contributed by atoms with Crippen LogP contribution in [0.25, 0.3) is 0 Å². The lowest BCUT2D eigenvalue weighted by Crippen LogP contribution is -2.47. The highest BCUT2D eigenvalue weighted by molar-refractivity contribution is 5.99. The number of amides is 1. The predicted molar refractivity (Wildman–Crippen MR) is 94.5 cm³/mol. The summed E-state index contributed by atoms with van der Waals surface area (Å²) in [6.07, 6.45) is 0.933. The second kappa shape index (κ2) is 6.55. The molecule has 3 atom stereocenters. The molecule has 0 saturated heterocycles. The summed E-state index contributed by atoms with van der Waals surface area (Å²) in [7, 11) is 0. The zero-order valence-electron chi connectivity index (χ0n) is 14.0. The van der Waals surface area contributed by atoms with E-state index in [4.69, 9.17) is 0 Å². The van der Waals surface area contributed by atoms with Gasteiger partial charge in [-0.15, -0.1) is 0 Å². The van der Waals surface area contributed by atoms with Crippen LogP contribution in [0.5, 0.6) is 0 Å². The van der Waals surface area contributed by atoms with Crippen molar-refractivity contribution in [2.45, 2.75) is 45.3 Å². The molecule has 3 nitrogen and oxygen atoms in total. The third kappa shape index (κ3) is 3.15. The monoisotopic (exact) mass is 308 g/mol. The van der Waals surface area contributed by atoms with E-state index in [0.717, 1.165) is 12.1 Å². The minimum atomic E-state index is -0.223. The van der Waals surface area contributed by atoms with Crippen molar-refractivity contribution >= 4 is 11.6 Å². The van der Waals surface area contributed by atoms with E-state index in [2.05, 4.69) is 37.4 Å². The van der Waals surface area contributed by atoms with Gasteiger partial charge in [0.25, 0.3) is 0 Å². The quantitative estimate of drug-likeness (QED) is 0.934. The molecule has 2 aromatic rings. The Kier molecular flexibility index (Phi) is 4.49. The molecular weight excluding hydrogens is 284 g/mol. The Labute approximate surface area is 138 Å². The highest BCUT2D eigenvalue weighted by Crippen LogP contribution is 2.32. The molecule has 0 aliphatic carbocycles. The molecule has 1 amide bonds. The lowest BCUT2D eigenvalue weighted by Gasteiger charge is -2.28. The minimum Gasteiger partial charge on any atom is -0.308 e. The maximum atomic E-state index is 12.9. The van der Waals surface area contributed by atoms with Crippen molar-refractivity contribution in [3.63, 3.8) is 0 Å². The number of hydrogen-bond donors (Lipinski definition) is 1. The molecule has 0 aromatic heterocycles. The number of nitrogens with zero attached hydrogens (tertiary/aromatic N) is 1. The van der Waals surface area contributed by atoms with E-state index in [1.165, 1.54) is 11.1 Å². The van der Waals surface area contributed by atoms with Crippen molar-refractivity contribution in [1.29, 1.82) is 0 Å². The van der Waals surface area contributed by atoms with Gasteiger partial charge >= 0.3 is 0 Å².